The molecule has 1 nitrogen and oxygen atoms in total. The normalized spacial score (nSPS) is 14.8. The molecule has 0 rings (SSSR count). The molecule has 0 aromatic rings. The van der Waals surface area contributed by atoms with E-state index in [1.807, 2.05) is 0 Å². The van der Waals surface area contributed by atoms with Crippen LogP contribution in [0.25, 0.3) is 0 Å². The highest BCUT2D eigenvalue weighted by Crippen LogP contribution is 2.18. The van der Waals surface area contributed by atoms with Gasteiger partial charge >= 0.3 is 0 Å². The predicted octanol–water partition coefficient (Wildman–Crippen LogP) is 4.09. The zero-order valence-corrected chi connectivity index (χ0v) is 11.0. The fraction of sp³-hybridized carbons (Fsp3) is 1.00. The Bertz CT molecular complexity index is 138. The molecule has 0 aromatic carbocycles. The highest BCUT2D eigenvalue weighted by Gasteiger charge is 2.13. The van der Waals surface area contributed by atoms with Gasteiger partial charge in [0.25, 0.3) is 0 Å². The van der Waals surface area contributed by atoms with Crippen LogP contribution in [0, 0.1) is 11.8 Å². The Balaban J connectivity index is 3.63. The van der Waals surface area contributed by atoms with Crippen molar-refractivity contribution in [2.75, 3.05) is 12.5 Å². The van der Waals surface area contributed by atoms with Crippen LogP contribution in [0.15, 0.2) is 0 Å². The third-order valence-corrected chi connectivity index (χ3v) is 2.52. The summed E-state index contributed by atoms with van der Waals surface area (Å²) in [6.45, 7) is 11.6. The lowest BCUT2D eigenvalue weighted by Crippen LogP contribution is -2.21. The van der Waals surface area contributed by atoms with Gasteiger partial charge in [-0.15, -0.1) is 11.6 Å². The van der Waals surface area contributed by atoms with Gasteiger partial charge in [-0.05, 0) is 45.4 Å². The van der Waals surface area contributed by atoms with E-state index in [1.165, 1.54) is 6.42 Å². The fourth-order valence-corrected chi connectivity index (χ4v) is 1.74. The summed E-state index contributed by atoms with van der Waals surface area (Å²) in [5.41, 5.74) is -0.0192. The summed E-state index contributed by atoms with van der Waals surface area (Å²) in [7, 11) is 0. The van der Waals surface area contributed by atoms with Gasteiger partial charge in [0.05, 0.1) is 5.60 Å². The van der Waals surface area contributed by atoms with Crippen molar-refractivity contribution in [2.45, 2.75) is 53.1 Å². The molecule has 0 saturated heterocycles. The van der Waals surface area contributed by atoms with Gasteiger partial charge in [-0.1, -0.05) is 13.8 Å². The number of hydrogen-bond donors (Lipinski definition) is 0. The van der Waals surface area contributed by atoms with Gasteiger partial charge in [0.1, 0.15) is 0 Å². The van der Waals surface area contributed by atoms with Crippen LogP contribution in [0.4, 0.5) is 0 Å². The van der Waals surface area contributed by atoms with E-state index in [2.05, 4.69) is 34.6 Å². The van der Waals surface area contributed by atoms with Crippen LogP contribution in [-0.4, -0.2) is 18.1 Å². The summed E-state index contributed by atoms with van der Waals surface area (Å²) in [6.07, 6.45) is 2.29. The molecule has 0 radical (unpaired) electrons. The number of rotatable bonds is 6. The van der Waals surface area contributed by atoms with Crippen LogP contribution in [-0.2, 0) is 4.74 Å². The van der Waals surface area contributed by atoms with E-state index in [0.717, 1.165) is 24.8 Å². The molecule has 0 aliphatic carbocycles. The summed E-state index contributed by atoms with van der Waals surface area (Å²) in [6, 6.07) is 0. The van der Waals surface area contributed by atoms with Gasteiger partial charge in [0, 0.05) is 12.5 Å². The Labute approximate surface area is 94.2 Å². The molecule has 0 bridgehead atoms. The first-order chi connectivity index (χ1) is 6.35. The molecule has 2 heteroatoms. The van der Waals surface area contributed by atoms with Crippen LogP contribution in [0.2, 0.25) is 0 Å². The molecule has 0 aliphatic rings. The average molecular weight is 221 g/mol. The van der Waals surface area contributed by atoms with Crippen molar-refractivity contribution in [3.8, 4) is 0 Å². The third kappa shape index (κ3) is 8.83. The molecule has 1 unspecified atom stereocenters. The number of ether oxygens (including phenoxy) is 1. The Morgan fingerprint density at radius 3 is 2.14 bits per heavy atom. The van der Waals surface area contributed by atoms with Crippen molar-refractivity contribution in [3.05, 3.63) is 0 Å². The van der Waals surface area contributed by atoms with Crippen molar-refractivity contribution in [1.82, 2.24) is 0 Å². The van der Waals surface area contributed by atoms with E-state index < -0.39 is 0 Å². The fourth-order valence-electron chi connectivity index (χ4n) is 1.46. The summed E-state index contributed by atoms with van der Waals surface area (Å²) in [4.78, 5) is 0. The maximum atomic E-state index is 5.91. The summed E-state index contributed by atoms with van der Waals surface area (Å²) >= 11 is 5.91. The highest BCUT2D eigenvalue weighted by molar-refractivity contribution is 6.18. The highest BCUT2D eigenvalue weighted by atomic mass is 35.5. The van der Waals surface area contributed by atoms with E-state index in [1.54, 1.807) is 0 Å². The minimum atomic E-state index is -0.0192. The molecular weight excluding hydrogens is 196 g/mol. The van der Waals surface area contributed by atoms with Crippen molar-refractivity contribution >= 4 is 11.6 Å². The summed E-state index contributed by atoms with van der Waals surface area (Å²) in [5, 5.41) is 0. The molecule has 0 heterocycles. The number of alkyl halides is 1. The molecule has 14 heavy (non-hydrogen) atoms. The predicted molar refractivity (Wildman–Crippen MR) is 64.0 cm³/mol. The first-order valence-electron chi connectivity index (χ1n) is 5.55. The van der Waals surface area contributed by atoms with Crippen LogP contribution >= 0.6 is 11.6 Å². The second-order valence-electron chi connectivity index (χ2n) is 5.40. The monoisotopic (exact) mass is 220 g/mol. The quantitative estimate of drug-likeness (QED) is 0.613. The number of halogens is 1. The zero-order valence-electron chi connectivity index (χ0n) is 10.3. The van der Waals surface area contributed by atoms with Crippen LogP contribution < -0.4 is 0 Å². The lowest BCUT2D eigenvalue weighted by atomic mass is 9.96. The Hall–Kier alpha value is 0.250. The molecule has 0 N–H and O–H groups in total. The average Bonchev–Trinajstić information content (AvgIpc) is 1.99. The van der Waals surface area contributed by atoms with Gasteiger partial charge in [0.2, 0.25) is 0 Å². The van der Waals surface area contributed by atoms with Crippen molar-refractivity contribution in [3.63, 3.8) is 0 Å². The molecule has 1 atom stereocenters. The van der Waals surface area contributed by atoms with Gasteiger partial charge in [-0.3, -0.25) is 0 Å². The van der Waals surface area contributed by atoms with Gasteiger partial charge < -0.3 is 4.74 Å². The van der Waals surface area contributed by atoms with E-state index in [-0.39, 0.29) is 5.60 Å². The van der Waals surface area contributed by atoms with Gasteiger partial charge in [-0.25, -0.2) is 0 Å². The molecular formula is C12H25ClO. The van der Waals surface area contributed by atoms with Gasteiger partial charge in [-0.2, -0.15) is 0 Å². The molecule has 86 valence electrons. The maximum absolute atomic E-state index is 5.91. The first-order valence-corrected chi connectivity index (χ1v) is 6.08. The second-order valence-corrected chi connectivity index (χ2v) is 5.71. The number of hydrogen-bond acceptors (Lipinski definition) is 1. The molecule has 0 spiro atoms. The van der Waals surface area contributed by atoms with E-state index in [9.17, 15) is 0 Å². The van der Waals surface area contributed by atoms with E-state index >= 15 is 0 Å². The molecule has 0 aromatic heterocycles. The van der Waals surface area contributed by atoms with Crippen LogP contribution in [0.5, 0.6) is 0 Å². The zero-order chi connectivity index (χ0) is 11.2. The largest absolute Gasteiger partial charge is 0.376 e. The lowest BCUT2D eigenvalue weighted by Gasteiger charge is -2.22. The maximum Gasteiger partial charge on any atom is 0.0598 e. The third-order valence-electron chi connectivity index (χ3n) is 2.08. The van der Waals surface area contributed by atoms with Crippen molar-refractivity contribution in [1.29, 1.82) is 0 Å². The molecule has 0 aliphatic heterocycles. The van der Waals surface area contributed by atoms with Crippen molar-refractivity contribution in [2.24, 2.45) is 11.8 Å². The summed E-state index contributed by atoms with van der Waals surface area (Å²) in [5.74, 6) is 2.10. The minimum Gasteiger partial charge on any atom is -0.376 e. The Kier molecular flexibility index (Phi) is 6.80. The standard InChI is InChI=1S/C12H25ClO/c1-10(2)8-11(9-13)6-7-14-12(3,4)5/h10-11H,6-9H2,1-5H3. The SMILES string of the molecule is CC(C)CC(CCl)CCOC(C)(C)C. The van der Waals surface area contributed by atoms with E-state index in [0.29, 0.717) is 5.92 Å². The van der Waals surface area contributed by atoms with Gasteiger partial charge in [0.15, 0.2) is 0 Å². The molecule has 0 saturated carbocycles. The Morgan fingerprint density at radius 1 is 1.21 bits per heavy atom. The molecule has 0 amide bonds. The van der Waals surface area contributed by atoms with Crippen molar-refractivity contribution < 1.29 is 4.74 Å². The smallest absolute Gasteiger partial charge is 0.0598 e. The lowest BCUT2D eigenvalue weighted by molar-refractivity contribution is -0.00909. The second kappa shape index (κ2) is 6.68. The molecule has 0 fully saturated rings. The Morgan fingerprint density at radius 2 is 1.79 bits per heavy atom. The van der Waals surface area contributed by atoms with E-state index in [4.69, 9.17) is 16.3 Å². The topological polar surface area (TPSA) is 9.23 Å². The van der Waals surface area contributed by atoms with Crippen LogP contribution in [0.1, 0.15) is 47.5 Å². The first kappa shape index (κ1) is 14.2. The summed E-state index contributed by atoms with van der Waals surface area (Å²) < 4.78 is 5.68. The van der Waals surface area contributed by atoms with Crippen LogP contribution in [0.3, 0.4) is 0 Å². The minimum absolute atomic E-state index is 0.0192.